The Morgan fingerprint density at radius 1 is 1.00 bits per heavy atom. The van der Waals surface area contributed by atoms with Crippen molar-refractivity contribution in [1.82, 2.24) is 10.3 Å². The Hall–Kier alpha value is -3.86. The third kappa shape index (κ3) is 4.19. The van der Waals surface area contributed by atoms with E-state index in [1.807, 2.05) is 72.8 Å². The van der Waals surface area contributed by atoms with Crippen molar-refractivity contribution < 1.29 is 13.9 Å². The van der Waals surface area contributed by atoms with E-state index in [0.29, 0.717) is 29.3 Å². The van der Waals surface area contributed by atoms with Crippen molar-refractivity contribution in [3.05, 3.63) is 96.2 Å². The van der Waals surface area contributed by atoms with Crippen LogP contribution < -0.4 is 10.1 Å². The number of amides is 1. The number of nitrogens with zero attached hydrogens (tertiary/aromatic N) is 1. The van der Waals surface area contributed by atoms with E-state index in [1.54, 1.807) is 19.4 Å². The van der Waals surface area contributed by atoms with Crippen LogP contribution in [-0.4, -0.2) is 18.0 Å². The molecule has 3 aromatic carbocycles. The Morgan fingerprint density at radius 3 is 2.62 bits per heavy atom. The minimum Gasteiger partial charge on any atom is -0.497 e. The highest BCUT2D eigenvalue weighted by molar-refractivity contribution is 6.00. The fourth-order valence-electron chi connectivity index (χ4n) is 3.06. The topological polar surface area (TPSA) is 64.4 Å². The van der Waals surface area contributed by atoms with Gasteiger partial charge in [0.15, 0.2) is 5.76 Å². The zero-order valence-corrected chi connectivity index (χ0v) is 16.0. The molecule has 0 atom stereocenters. The lowest BCUT2D eigenvalue weighted by Crippen LogP contribution is -2.23. The van der Waals surface area contributed by atoms with Crippen molar-refractivity contribution in [3.63, 3.8) is 0 Å². The lowest BCUT2D eigenvalue weighted by Gasteiger charge is -2.09. The number of methoxy groups -OCH3 is 1. The van der Waals surface area contributed by atoms with E-state index < -0.39 is 0 Å². The van der Waals surface area contributed by atoms with Crippen LogP contribution in [0.1, 0.15) is 15.9 Å². The minimum absolute atomic E-state index is 0.192. The summed E-state index contributed by atoms with van der Waals surface area (Å²) in [5, 5.41) is 2.95. The van der Waals surface area contributed by atoms with Crippen LogP contribution in [0.5, 0.6) is 5.75 Å². The lowest BCUT2D eigenvalue weighted by atomic mass is 10.1. The molecular weight excluding hydrogens is 364 g/mol. The van der Waals surface area contributed by atoms with Gasteiger partial charge < -0.3 is 14.5 Å². The quantitative estimate of drug-likeness (QED) is 0.511. The number of carbonyl (C=O) groups is 1. The number of oxazole rings is 1. The molecule has 0 aliphatic heterocycles. The predicted octanol–water partition coefficient (Wildman–Crippen LogP) is 4.95. The maximum Gasteiger partial charge on any atom is 0.252 e. The second kappa shape index (κ2) is 8.44. The van der Waals surface area contributed by atoms with Gasteiger partial charge >= 0.3 is 0 Å². The average molecular weight is 384 g/mol. The van der Waals surface area contributed by atoms with Gasteiger partial charge in [0.25, 0.3) is 5.91 Å². The average Bonchev–Trinajstić information content (AvgIpc) is 3.28. The molecule has 29 heavy (non-hydrogen) atoms. The fraction of sp³-hybridized carbons (Fsp3) is 0.0833. The molecule has 5 nitrogen and oxygen atoms in total. The van der Waals surface area contributed by atoms with Crippen LogP contribution in [-0.2, 0) is 6.54 Å². The number of aromatic nitrogens is 1. The number of rotatable bonds is 6. The van der Waals surface area contributed by atoms with Gasteiger partial charge in [-0.15, -0.1) is 0 Å². The second-order valence-electron chi connectivity index (χ2n) is 6.48. The van der Waals surface area contributed by atoms with Gasteiger partial charge in [0, 0.05) is 17.7 Å². The van der Waals surface area contributed by atoms with Crippen LogP contribution in [0.15, 0.2) is 89.5 Å². The molecule has 5 heteroatoms. The van der Waals surface area contributed by atoms with Gasteiger partial charge in [0.2, 0.25) is 5.89 Å². The highest BCUT2D eigenvalue weighted by Crippen LogP contribution is 2.28. The first-order valence-electron chi connectivity index (χ1n) is 9.26. The Bertz CT molecular complexity index is 1120. The van der Waals surface area contributed by atoms with Crippen molar-refractivity contribution in [2.45, 2.75) is 6.54 Å². The predicted molar refractivity (Wildman–Crippen MR) is 112 cm³/mol. The first-order valence-corrected chi connectivity index (χ1v) is 9.26. The molecule has 1 amide bonds. The molecule has 0 radical (unpaired) electrons. The second-order valence-corrected chi connectivity index (χ2v) is 6.48. The molecule has 0 aliphatic carbocycles. The van der Waals surface area contributed by atoms with Gasteiger partial charge in [-0.25, -0.2) is 4.98 Å². The zero-order chi connectivity index (χ0) is 20.1. The summed E-state index contributed by atoms with van der Waals surface area (Å²) in [6.45, 7) is 0.394. The maximum atomic E-state index is 12.8. The molecule has 1 aromatic heterocycles. The fourth-order valence-corrected chi connectivity index (χ4v) is 3.06. The van der Waals surface area contributed by atoms with Crippen LogP contribution in [0.4, 0.5) is 0 Å². The highest BCUT2D eigenvalue weighted by atomic mass is 16.5. The van der Waals surface area contributed by atoms with Crippen LogP contribution in [0, 0.1) is 0 Å². The van der Waals surface area contributed by atoms with Gasteiger partial charge in [-0.3, -0.25) is 4.79 Å². The zero-order valence-electron chi connectivity index (χ0n) is 16.0. The van der Waals surface area contributed by atoms with Crippen LogP contribution >= 0.6 is 0 Å². The van der Waals surface area contributed by atoms with Crippen molar-refractivity contribution in [2.24, 2.45) is 0 Å². The third-order valence-corrected chi connectivity index (χ3v) is 4.55. The minimum atomic E-state index is -0.192. The molecule has 0 spiro atoms. The van der Waals surface area contributed by atoms with E-state index in [0.717, 1.165) is 16.9 Å². The normalized spacial score (nSPS) is 10.5. The van der Waals surface area contributed by atoms with E-state index >= 15 is 0 Å². The molecule has 0 saturated carbocycles. The lowest BCUT2D eigenvalue weighted by molar-refractivity contribution is 0.0951. The SMILES string of the molecule is COc1cccc(CNC(=O)c2ccccc2-c2ncc(-c3ccccc3)o2)c1. The molecule has 4 rings (SSSR count). The van der Waals surface area contributed by atoms with Gasteiger partial charge in [0.1, 0.15) is 5.75 Å². The van der Waals surface area contributed by atoms with Gasteiger partial charge in [0.05, 0.1) is 18.9 Å². The standard InChI is InChI=1S/C24H20N2O3/c1-28-19-11-7-8-17(14-19)15-25-23(27)20-12-5-6-13-21(20)24-26-16-22(29-24)18-9-3-2-4-10-18/h2-14,16H,15H2,1H3,(H,25,27). The summed E-state index contributed by atoms with van der Waals surface area (Å²) in [4.78, 5) is 17.2. The van der Waals surface area contributed by atoms with Gasteiger partial charge in [-0.1, -0.05) is 54.6 Å². The number of hydrogen-bond donors (Lipinski definition) is 1. The van der Waals surface area contributed by atoms with Gasteiger partial charge in [-0.05, 0) is 29.8 Å². The first kappa shape index (κ1) is 18.5. The monoisotopic (exact) mass is 384 g/mol. The molecule has 1 N–H and O–H groups in total. The number of hydrogen-bond acceptors (Lipinski definition) is 4. The van der Waals surface area contributed by atoms with Crippen LogP contribution in [0.25, 0.3) is 22.8 Å². The van der Waals surface area contributed by atoms with Crippen molar-refractivity contribution >= 4 is 5.91 Å². The molecule has 0 aliphatic rings. The number of ether oxygens (including phenoxy) is 1. The van der Waals surface area contributed by atoms with Crippen molar-refractivity contribution in [2.75, 3.05) is 7.11 Å². The Labute approximate surface area is 169 Å². The first-order chi connectivity index (χ1) is 14.2. The van der Waals surface area contributed by atoms with Gasteiger partial charge in [-0.2, -0.15) is 0 Å². The molecule has 0 fully saturated rings. The molecule has 0 bridgehead atoms. The van der Waals surface area contributed by atoms with Crippen molar-refractivity contribution in [1.29, 1.82) is 0 Å². The summed E-state index contributed by atoms with van der Waals surface area (Å²) >= 11 is 0. The Morgan fingerprint density at radius 2 is 1.79 bits per heavy atom. The summed E-state index contributed by atoms with van der Waals surface area (Å²) < 4.78 is 11.2. The van der Waals surface area contributed by atoms with Crippen LogP contribution in [0.3, 0.4) is 0 Å². The molecule has 144 valence electrons. The molecule has 4 aromatic rings. The van der Waals surface area contributed by atoms with E-state index in [-0.39, 0.29) is 5.91 Å². The summed E-state index contributed by atoms with van der Waals surface area (Å²) in [6.07, 6.45) is 1.68. The largest absolute Gasteiger partial charge is 0.497 e. The smallest absolute Gasteiger partial charge is 0.252 e. The van der Waals surface area contributed by atoms with Crippen molar-refractivity contribution in [3.8, 4) is 28.5 Å². The summed E-state index contributed by atoms with van der Waals surface area (Å²) in [5.74, 6) is 1.64. The Balaban J connectivity index is 1.55. The summed E-state index contributed by atoms with van der Waals surface area (Å²) in [6, 6.07) is 24.6. The maximum absolute atomic E-state index is 12.8. The number of carbonyl (C=O) groups excluding carboxylic acids is 1. The third-order valence-electron chi connectivity index (χ3n) is 4.55. The summed E-state index contributed by atoms with van der Waals surface area (Å²) in [5.41, 5.74) is 3.05. The van der Waals surface area contributed by atoms with E-state index in [1.165, 1.54) is 0 Å². The van der Waals surface area contributed by atoms with E-state index in [4.69, 9.17) is 9.15 Å². The summed E-state index contributed by atoms with van der Waals surface area (Å²) in [7, 11) is 1.62. The molecule has 1 heterocycles. The Kier molecular flexibility index (Phi) is 5.38. The van der Waals surface area contributed by atoms with Crippen LogP contribution in [0.2, 0.25) is 0 Å². The number of benzene rings is 3. The highest BCUT2D eigenvalue weighted by Gasteiger charge is 2.16. The van der Waals surface area contributed by atoms with E-state index in [9.17, 15) is 4.79 Å². The molecular formula is C24H20N2O3. The molecule has 0 saturated heterocycles. The number of nitrogens with one attached hydrogen (secondary N) is 1. The molecule has 0 unspecified atom stereocenters. The van der Waals surface area contributed by atoms with E-state index in [2.05, 4.69) is 10.3 Å².